The molecule has 0 bridgehead atoms. The Bertz CT molecular complexity index is 1300. The van der Waals surface area contributed by atoms with Crippen LogP contribution in [0, 0.1) is 11.8 Å². The second-order valence-corrected chi connectivity index (χ2v) is 11.8. The number of hydrogen-bond acceptors (Lipinski definition) is 8. The van der Waals surface area contributed by atoms with Crippen LogP contribution in [-0.4, -0.2) is 74.7 Å². The lowest BCUT2D eigenvalue weighted by atomic mass is 10.0. The normalized spacial score (nSPS) is 27.2. The third-order valence-electron chi connectivity index (χ3n) is 6.34. The van der Waals surface area contributed by atoms with Crippen molar-refractivity contribution in [1.29, 1.82) is 0 Å². The number of benzene rings is 2. The summed E-state index contributed by atoms with van der Waals surface area (Å²) < 4.78 is 68.8. The van der Waals surface area contributed by atoms with E-state index in [1.54, 1.807) is 12.1 Å². The van der Waals surface area contributed by atoms with E-state index in [2.05, 4.69) is 5.32 Å². The lowest BCUT2D eigenvalue weighted by Gasteiger charge is -2.31. The highest BCUT2D eigenvalue weighted by atomic mass is 32.2. The van der Waals surface area contributed by atoms with Crippen LogP contribution in [0.2, 0.25) is 0 Å². The first-order valence-corrected chi connectivity index (χ1v) is 14.0. The van der Waals surface area contributed by atoms with Gasteiger partial charge in [-0.25, -0.2) is 13.2 Å². The molecule has 0 radical (unpaired) electrons. The summed E-state index contributed by atoms with van der Waals surface area (Å²) in [6.07, 6.45) is -7.14. The van der Waals surface area contributed by atoms with Gasteiger partial charge in [-0.05, 0) is 48.5 Å². The molecule has 2 aliphatic heterocycles. The molecule has 0 aliphatic carbocycles. The van der Waals surface area contributed by atoms with Gasteiger partial charge in [0.15, 0.2) is 6.27 Å². The lowest BCUT2D eigenvalue weighted by molar-refractivity contribution is -0.0907. The number of ether oxygens (including phenoxy) is 3. The number of sulfonamides is 1. The molecule has 10 nitrogen and oxygen atoms in total. The number of alkyl carbamates (subject to hydrolysis) is 1. The van der Waals surface area contributed by atoms with Crippen molar-refractivity contribution in [2.75, 3.05) is 32.0 Å². The fourth-order valence-electron chi connectivity index (χ4n) is 4.43. The Hall–Kier alpha value is -2.70. The van der Waals surface area contributed by atoms with Crippen molar-refractivity contribution in [3.8, 4) is 0 Å². The number of nitrogens with zero attached hydrogens (tertiary/aromatic N) is 1. The van der Waals surface area contributed by atoms with Crippen LogP contribution in [0.3, 0.4) is 0 Å². The van der Waals surface area contributed by atoms with Crippen LogP contribution in [0.15, 0.2) is 59.5 Å². The van der Waals surface area contributed by atoms with E-state index < -0.39 is 52.9 Å². The molecule has 2 saturated heterocycles. The van der Waals surface area contributed by atoms with Gasteiger partial charge in [0.1, 0.15) is 6.10 Å². The van der Waals surface area contributed by atoms with E-state index in [1.165, 1.54) is 28.6 Å². The van der Waals surface area contributed by atoms with Gasteiger partial charge >= 0.3 is 6.09 Å². The van der Waals surface area contributed by atoms with E-state index in [1.807, 2.05) is 32.0 Å². The number of aliphatic hydroxyl groups excluding tert-OH is 1. The van der Waals surface area contributed by atoms with E-state index in [4.69, 9.17) is 24.1 Å². The first kappa shape index (κ1) is 24.3. The summed E-state index contributed by atoms with van der Waals surface area (Å²) in [5.74, 6) is -1.22. The second kappa shape index (κ2) is 12.4. The number of fused-ring (bicyclic) bond motifs is 1. The first-order valence-electron chi connectivity index (χ1n) is 14.0. The maximum absolute atomic E-state index is 13.5. The fourth-order valence-corrected chi connectivity index (χ4v) is 6.05. The first-order chi connectivity index (χ1) is 19.2. The van der Waals surface area contributed by atoms with Gasteiger partial charge in [0, 0.05) is 21.5 Å². The third kappa shape index (κ3) is 7.03. The van der Waals surface area contributed by atoms with E-state index >= 15 is 0 Å². The van der Waals surface area contributed by atoms with Crippen LogP contribution in [0.1, 0.15) is 29.9 Å². The van der Waals surface area contributed by atoms with Crippen molar-refractivity contribution < 1.29 is 36.6 Å². The Morgan fingerprint density at radius 2 is 1.92 bits per heavy atom. The maximum Gasteiger partial charge on any atom is 0.407 e. The number of nitrogens with one attached hydrogen (secondary N) is 1. The molecule has 208 valence electrons. The highest BCUT2D eigenvalue weighted by Crippen LogP contribution is 2.33. The Labute approximate surface area is 228 Å². The van der Waals surface area contributed by atoms with Crippen LogP contribution in [0.5, 0.6) is 0 Å². The summed E-state index contributed by atoms with van der Waals surface area (Å²) >= 11 is 0. The third-order valence-corrected chi connectivity index (χ3v) is 8.18. The highest BCUT2D eigenvalue weighted by molar-refractivity contribution is 7.89. The van der Waals surface area contributed by atoms with Gasteiger partial charge in [0.2, 0.25) is 10.0 Å². The summed E-state index contributed by atoms with van der Waals surface area (Å²) in [6, 6.07) is 13.9. The molecule has 2 fully saturated rings. The Morgan fingerprint density at radius 1 is 1.21 bits per heavy atom. The standard InChI is InChI=1S/C27H37N3O7S/c1-18(2)15-30(38(33,34)21-10-8-20(28)9-11-21)16-24(31)23(14-19-6-4-3-5-7-19)29-27(32)37-25-17-36-26-22(25)12-13-35-26/h3-11,18,22-26,31H,12-17,28H2,1-2H3,(H,29,32)/t22-,23-,24+,25-,26+/m0/s1/i12D2,26D. The molecule has 2 aromatic rings. The monoisotopic (exact) mass is 550 g/mol. The lowest BCUT2D eigenvalue weighted by Crippen LogP contribution is -2.51. The smallest absolute Gasteiger partial charge is 0.407 e. The van der Waals surface area contributed by atoms with Crippen molar-refractivity contribution in [1.82, 2.24) is 9.62 Å². The second-order valence-electron chi connectivity index (χ2n) is 9.84. The number of anilines is 1. The van der Waals surface area contributed by atoms with Crippen molar-refractivity contribution in [2.45, 2.75) is 56.1 Å². The molecule has 2 aromatic carbocycles. The molecule has 0 aromatic heterocycles. The zero-order valence-electron chi connectivity index (χ0n) is 24.4. The van der Waals surface area contributed by atoms with Gasteiger partial charge in [-0.2, -0.15) is 4.31 Å². The minimum absolute atomic E-state index is 0.0275. The van der Waals surface area contributed by atoms with Crippen molar-refractivity contribution in [3.05, 3.63) is 60.2 Å². The highest BCUT2D eigenvalue weighted by Gasteiger charge is 2.44. The Morgan fingerprint density at radius 3 is 2.61 bits per heavy atom. The fraction of sp³-hybridized carbons (Fsp3) is 0.519. The SMILES string of the molecule is [2H]C1([2H])CO[C@]2([2H])OC[C@H](OC(=O)N[C@@H](Cc3ccccc3)[C@H](O)CN(CC(C)C)S(=O)(=O)c3ccc(N)cc3)[C@H]12. The molecular weight excluding hydrogens is 510 g/mol. The van der Waals surface area contributed by atoms with E-state index in [-0.39, 0.29) is 43.5 Å². The molecule has 4 N–H and O–H groups in total. The van der Waals surface area contributed by atoms with E-state index in [9.17, 15) is 18.3 Å². The molecule has 0 unspecified atom stereocenters. The molecule has 5 atom stereocenters. The zero-order chi connectivity index (χ0) is 30.0. The largest absolute Gasteiger partial charge is 0.443 e. The molecule has 38 heavy (non-hydrogen) atoms. The van der Waals surface area contributed by atoms with E-state index in [0.29, 0.717) is 5.69 Å². The van der Waals surface area contributed by atoms with Gasteiger partial charge in [-0.3, -0.25) is 0 Å². The molecule has 2 heterocycles. The van der Waals surface area contributed by atoms with Crippen LogP contribution in [-0.2, 0) is 30.7 Å². The minimum atomic E-state index is -4.01. The van der Waals surface area contributed by atoms with Crippen molar-refractivity contribution >= 4 is 21.8 Å². The predicted octanol–water partition coefficient (Wildman–Crippen LogP) is 2.38. The minimum Gasteiger partial charge on any atom is -0.443 e. The summed E-state index contributed by atoms with van der Waals surface area (Å²) in [5, 5.41) is 14.0. The zero-order valence-corrected chi connectivity index (χ0v) is 22.3. The van der Waals surface area contributed by atoms with Gasteiger partial charge in [-0.1, -0.05) is 44.2 Å². The molecule has 1 amide bonds. The number of carbonyl (C=O) groups is 1. The quantitative estimate of drug-likeness (QED) is 0.362. The van der Waals surface area contributed by atoms with Crippen molar-refractivity contribution in [2.24, 2.45) is 11.8 Å². The van der Waals surface area contributed by atoms with Crippen LogP contribution in [0.4, 0.5) is 10.5 Å². The van der Waals surface area contributed by atoms with Gasteiger partial charge in [0.05, 0.1) is 37.5 Å². The Kier molecular flexibility index (Phi) is 7.97. The van der Waals surface area contributed by atoms with E-state index in [0.717, 1.165) is 5.56 Å². The number of nitrogen functional groups attached to an aromatic ring is 1. The Balaban J connectivity index is 1.53. The molecular formula is C27H37N3O7S. The number of rotatable bonds is 11. The number of carbonyl (C=O) groups excluding carboxylic acids is 1. The van der Waals surface area contributed by atoms with Gasteiger partial charge < -0.3 is 30.4 Å². The average molecular weight is 551 g/mol. The van der Waals surface area contributed by atoms with Crippen molar-refractivity contribution in [3.63, 3.8) is 0 Å². The van der Waals surface area contributed by atoms with Gasteiger partial charge in [0.25, 0.3) is 0 Å². The number of nitrogens with two attached hydrogens (primary N) is 1. The molecule has 0 spiro atoms. The number of hydrogen-bond donors (Lipinski definition) is 3. The number of amides is 1. The van der Waals surface area contributed by atoms with Crippen LogP contribution < -0.4 is 11.1 Å². The molecule has 2 aliphatic rings. The van der Waals surface area contributed by atoms with Crippen LogP contribution >= 0.6 is 0 Å². The molecule has 11 heteroatoms. The summed E-state index contributed by atoms with van der Waals surface area (Å²) in [6.45, 7) is 2.92. The maximum atomic E-state index is 13.5. The predicted molar refractivity (Wildman–Crippen MR) is 142 cm³/mol. The molecule has 0 saturated carbocycles. The van der Waals surface area contributed by atoms with Crippen LogP contribution in [0.25, 0.3) is 0 Å². The summed E-state index contributed by atoms with van der Waals surface area (Å²) in [7, 11) is -4.01. The summed E-state index contributed by atoms with van der Waals surface area (Å²) in [5.41, 5.74) is 6.92. The topological polar surface area (TPSA) is 140 Å². The van der Waals surface area contributed by atoms with Gasteiger partial charge in [-0.15, -0.1) is 0 Å². The molecule has 4 rings (SSSR count). The average Bonchev–Trinajstić information content (AvgIpc) is 3.36. The number of aliphatic hydroxyl groups is 1. The summed E-state index contributed by atoms with van der Waals surface area (Å²) in [4.78, 5) is 13.1.